The summed E-state index contributed by atoms with van der Waals surface area (Å²) in [5.74, 6) is -0.237. The molecular formula is C28H29FN4O2S. The van der Waals surface area contributed by atoms with E-state index in [-0.39, 0.29) is 11.9 Å². The summed E-state index contributed by atoms with van der Waals surface area (Å²) in [6.07, 6.45) is 10.9. The summed E-state index contributed by atoms with van der Waals surface area (Å²) in [5, 5.41) is 2.61. The summed E-state index contributed by atoms with van der Waals surface area (Å²) >= 11 is 0. The van der Waals surface area contributed by atoms with Crippen molar-refractivity contribution >= 4 is 37.3 Å². The Morgan fingerprint density at radius 3 is 2.83 bits per heavy atom. The van der Waals surface area contributed by atoms with Crippen molar-refractivity contribution in [3.63, 3.8) is 0 Å². The molecule has 2 aliphatic rings. The van der Waals surface area contributed by atoms with Gasteiger partial charge in [0.05, 0.1) is 0 Å². The molecule has 6 rings (SSSR count). The first-order chi connectivity index (χ1) is 17.5. The molecule has 1 N–H and O–H groups in total. The highest BCUT2D eigenvalue weighted by atomic mass is 32.2. The van der Waals surface area contributed by atoms with E-state index in [2.05, 4.69) is 20.9 Å². The molecule has 4 heterocycles. The maximum atomic E-state index is 13.6. The quantitative estimate of drug-likeness (QED) is 0.393. The molecule has 2 aliphatic heterocycles. The minimum absolute atomic E-state index is 0.00265. The van der Waals surface area contributed by atoms with Gasteiger partial charge < -0.3 is 4.98 Å². The van der Waals surface area contributed by atoms with Gasteiger partial charge in [0.2, 0.25) is 10.0 Å². The number of nitrogens with zero attached hydrogens (tertiary/aromatic N) is 3. The molecule has 1 atom stereocenters. The van der Waals surface area contributed by atoms with Crippen LogP contribution >= 0.6 is 0 Å². The number of rotatable bonds is 6. The molecule has 0 aliphatic carbocycles. The number of aromatic amines is 1. The van der Waals surface area contributed by atoms with Crippen molar-refractivity contribution < 1.29 is 12.8 Å². The molecule has 0 amide bonds. The highest BCUT2D eigenvalue weighted by Crippen LogP contribution is 2.33. The number of H-pyrrole nitrogens is 1. The summed E-state index contributed by atoms with van der Waals surface area (Å²) in [7, 11) is -3.62. The van der Waals surface area contributed by atoms with Gasteiger partial charge in [-0.1, -0.05) is 30.3 Å². The number of sulfonamides is 1. The Kier molecular flexibility index (Phi) is 6.11. The first kappa shape index (κ1) is 23.3. The number of halogens is 1. The maximum absolute atomic E-state index is 13.6. The molecule has 186 valence electrons. The molecule has 2 aromatic heterocycles. The van der Waals surface area contributed by atoms with Gasteiger partial charge in [0.15, 0.2) is 0 Å². The van der Waals surface area contributed by atoms with Crippen molar-refractivity contribution in [2.45, 2.75) is 36.6 Å². The molecule has 6 nitrogen and oxygen atoms in total. The summed E-state index contributed by atoms with van der Waals surface area (Å²) in [6.45, 7) is 3.16. The van der Waals surface area contributed by atoms with Crippen molar-refractivity contribution in [3.05, 3.63) is 78.5 Å². The van der Waals surface area contributed by atoms with Crippen LogP contribution in [0.4, 0.5) is 4.39 Å². The average Bonchev–Trinajstić information content (AvgIpc) is 3.55. The topological polar surface area (TPSA) is 69.3 Å². The minimum atomic E-state index is -3.62. The molecule has 8 heteroatoms. The first-order valence-electron chi connectivity index (χ1n) is 12.5. The molecule has 0 spiro atoms. The Balaban J connectivity index is 1.14. The third-order valence-electron chi connectivity index (χ3n) is 7.60. The van der Waals surface area contributed by atoms with Crippen LogP contribution in [0.5, 0.6) is 0 Å². The number of hydrogen-bond donors (Lipinski definition) is 1. The van der Waals surface area contributed by atoms with Gasteiger partial charge >= 0.3 is 0 Å². The van der Waals surface area contributed by atoms with Gasteiger partial charge in [-0.15, -0.1) is 0 Å². The van der Waals surface area contributed by atoms with Crippen LogP contribution in [0.25, 0.3) is 27.2 Å². The maximum Gasteiger partial charge on any atom is 0.245 e. The average molecular weight is 505 g/mol. The van der Waals surface area contributed by atoms with E-state index < -0.39 is 10.0 Å². The summed E-state index contributed by atoms with van der Waals surface area (Å²) in [4.78, 5) is 10.1. The molecule has 1 fully saturated rings. The molecule has 0 radical (unpaired) electrons. The van der Waals surface area contributed by atoms with E-state index in [1.165, 1.54) is 23.9 Å². The van der Waals surface area contributed by atoms with Crippen molar-refractivity contribution in [1.82, 2.24) is 19.2 Å². The highest BCUT2D eigenvalue weighted by molar-refractivity contribution is 7.89. The van der Waals surface area contributed by atoms with Crippen LogP contribution in [-0.4, -0.2) is 59.8 Å². The van der Waals surface area contributed by atoms with Crippen LogP contribution < -0.4 is 0 Å². The highest BCUT2D eigenvalue weighted by Gasteiger charge is 2.36. The van der Waals surface area contributed by atoms with Crippen molar-refractivity contribution in [1.29, 1.82) is 0 Å². The van der Waals surface area contributed by atoms with Crippen LogP contribution in [0.15, 0.2) is 72.0 Å². The molecule has 0 bridgehead atoms. The van der Waals surface area contributed by atoms with Crippen LogP contribution in [-0.2, 0) is 10.0 Å². The minimum Gasteiger partial charge on any atom is -0.360 e. The fourth-order valence-electron chi connectivity index (χ4n) is 5.69. The van der Waals surface area contributed by atoms with Crippen molar-refractivity contribution in [2.24, 2.45) is 0 Å². The van der Waals surface area contributed by atoms with Crippen molar-refractivity contribution in [2.75, 3.05) is 26.2 Å². The van der Waals surface area contributed by atoms with Gasteiger partial charge in [0, 0.05) is 71.5 Å². The third kappa shape index (κ3) is 4.23. The second-order valence-corrected chi connectivity index (χ2v) is 11.6. The number of fused-ring (bicyclic) bond motifs is 2. The third-order valence-corrected chi connectivity index (χ3v) is 9.58. The van der Waals surface area contributed by atoms with Gasteiger partial charge in [0.1, 0.15) is 10.7 Å². The number of aromatic nitrogens is 2. The van der Waals surface area contributed by atoms with Gasteiger partial charge in [-0.25, -0.2) is 12.8 Å². The van der Waals surface area contributed by atoms with E-state index >= 15 is 0 Å². The fraction of sp³-hybridized carbons (Fsp3) is 0.321. The van der Waals surface area contributed by atoms with E-state index in [0.29, 0.717) is 11.4 Å². The second-order valence-electron chi connectivity index (χ2n) is 9.73. The summed E-state index contributed by atoms with van der Waals surface area (Å²) < 4.78 is 42.5. The van der Waals surface area contributed by atoms with Gasteiger partial charge in [-0.2, -0.15) is 4.31 Å². The van der Waals surface area contributed by atoms with Crippen LogP contribution in [0.1, 0.15) is 31.2 Å². The standard InChI is InChI=1S/C28H29FN4O2S/c29-22-7-8-25-26(18-31-27(25)16-22)20-9-13-32(14-10-20)15-11-23-5-3-12-33(23)36(34,35)28-19-30-17-21-4-1-2-6-24(21)28/h1-2,4,6-9,16-19,23,31H,3,5,10-15H2/t23-/m0/s1. The lowest BCUT2D eigenvalue weighted by Gasteiger charge is -2.30. The van der Waals surface area contributed by atoms with E-state index in [1.807, 2.05) is 36.5 Å². The van der Waals surface area contributed by atoms with Gasteiger partial charge in [-0.3, -0.25) is 9.88 Å². The summed E-state index contributed by atoms with van der Waals surface area (Å²) in [6, 6.07) is 12.4. The lowest BCUT2D eigenvalue weighted by Crippen LogP contribution is -2.39. The molecule has 0 saturated carbocycles. The predicted octanol–water partition coefficient (Wildman–Crippen LogP) is 5.19. The zero-order valence-electron chi connectivity index (χ0n) is 20.0. The Bertz CT molecular complexity index is 1560. The Hall–Kier alpha value is -3.07. The normalized spacial score (nSPS) is 19.8. The van der Waals surface area contributed by atoms with E-state index in [0.717, 1.165) is 72.6 Å². The summed E-state index contributed by atoms with van der Waals surface area (Å²) in [5.41, 5.74) is 3.23. The Morgan fingerprint density at radius 1 is 1.08 bits per heavy atom. The largest absolute Gasteiger partial charge is 0.360 e. The van der Waals surface area contributed by atoms with Crippen LogP contribution in [0, 0.1) is 5.82 Å². The number of hydrogen-bond acceptors (Lipinski definition) is 4. The molecule has 4 aromatic rings. The molecular weight excluding hydrogens is 475 g/mol. The van der Waals surface area contributed by atoms with E-state index in [4.69, 9.17) is 0 Å². The number of pyridine rings is 1. The lowest BCUT2D eigenvalue weighted by molar-refractivity contribution is 0.262. The second kappa shape index (κ2) is 9.42. The van der Waals surface area contributed by atoms with Gasteiger partial charge in [0.25, 0.3) is 0 Å². The van der Waals surface area contributed by atoms with Gasteiger partial charge in [-0.05, 0) is 56.0 Å². The molecule has 2 aromatic carbocycles. The molecule has 0 unspecified atom stereocenters. The van der Waals surface area contributed by atoms with E-state index in [9.17, 15) is 12.8 Å². The van der Waals surface area contributed by atoms with Crippen molar-refractivity contribution in [3.8, 4) is 0 Å². The smallest absolute Gasteiger partial charge is 0.245 e. The fourth-order valence-corrected chi connectivity index (χ4v) is 7.57. The van der Waals surface area contributed by atoms with Crippen LogP contribution in [0.2, 0.25) is 0 Å². The number of benzene rings is 2. The lowest BCUT2D eigenvalue weighted by atomic mass is 9.98. The van der Waals surface area contributed by atoms with Crippen LogP contribution in [0.3, 0.4) is 0 Å². The SMILES string of the molecule is O=S(=O)(c1cncc2ccccc12)N1CCC[C@H]1CCN1CC=C(c2c[nH]c3cc(F)ccc23)CC1. The molecule has 36 heavy (non-hydrogen) atoms. The Morgan fingerprint density at radius 2 is 1.97 bits per heavy atom. The number of nitrogens with one attached hydrogen (secondary N) is 1. The zero-order chi connectivity index (χ0) is 24.7. The van der Waals surface area contributed by atoms with E-state index in [1.54, 1.807) is 10.5 Å². The monoisotopic (exact) mass is 504 g/mol. The zero-order valence-corrected chi connectivity index (χ0v) is 20.8. The Labute approximate surface area is 210 Å². The predicted molar refractivity (Wildman–Crippen MR) is 141 cm³/mol. The first-order valence-corrected chi connectivity index (χ1v) is 14.0. The molecule has 1 saturated heterocycles.